The molecule has 0 radical (unpaired) electrons. The molecule has 0 spiro atoms. The highest BCUT2D eigenvalue weighted by atomic mass is 32.1. The predicted molar refractivity (Wildman–Crippen MR) is 118 cm³/mol. The minimum Gasteiger partial charge on any atom is -0.484 e. The molecule has 1 aromatic carbocycles. The van der Waals surface area contributed by atoms with Gasteiger partial charge in [-0.1, -0.05) is 11.3 Å². The number of thiophene rings is 1. The molecule has 3 aromatic heterocycles. The standard InChI is InChI=1S/C19H17N9O4S/c1-10(11-4-6-12(7-5-11)31-9-14(20)29)22-24-19(30)15-16(13-3-2-8-33-13)28(27-23-15)18-17(21)25-32-26-18/h2-8H,9H2,1H3,(H2,20,29)(H2,21,25)(H,24,30)/b22-10+. The van der Waals surface area contributed by atoms with Crippen LogP contribution in [-0.2, 0) is 4.79 Å². The summed E-state index contributed by atoms with van der Waals surface area (Å²) in [5.41, 5.74) is 15.0. The van der Waals surface area contributed by atoms with Gasteiger partial charge in [-0.25, -0.2) is 10.1 Å². The van der Waals surface area contributed by atoms with Gasteiger partial charge in [-0.15, -0.1) is 16.4 Å². The van der Waals surface area contributed by atoms with E-state index < -0.39 is 11.8 Å². The van der Waals surface area contributed by atoms with Crippen LogP contribution in [0.1, 0.15) is 23.0 Å². The molecule has 0 unspecified atom stereocenters. The SMILES string of the molecule is C/C(=N\NC(=O)c1nnn(-c2nonc2N)c1-c1cccs1)c1ccc(OCC(N)=O)cc1. The Labute approximate surface area is 190 Å². The lowest BCUT2D eigenvalue weighted by Crippen LogP contribution is -2.21. The first kappa shape index (κ1) is 21.6. The van der Waals surface area contributed by atoms with Gasteiger partial charge in [-0.05, 0) is 58.5 Å². The first-order valence-corrected chi connectivity index (χ1v) is 10.3. The average Bonchev–Trinajstić information content (AvgIpc) is 3.56. The summed E-state index contributed by atoms with van der Waals surface area (Å²) in [6.07, 6.45) is 0. The van der Waals surface area contributed by atoms with Gasteiger partial charge >= 0.3 is 0 Å². The van der Waals surface area contributed by atoms with Gasteiger partial charge in [0.15, 0.2) is 12.3 Å². The summed E-state index contributed by atoms with van der Waals surface area (Å²) in [5.74, 6) is -0.556. The Kier molecular flexibility index (Phi) is 6.08. The van der Waals surface area contributed by atoms with Crippen molar-refractivity contribution in [1.29, 1.82) is 0 Å². The number of rotatable bonds is 8. The maximum absolute atomic E-state index is 12.9. The van der Waals surface area contributed by atoms with Crippen LogP contribution < -0.4 is 21.6 Å². The second-order valence-electron chi connectivity index (χ2n) is 6.57. The average molecular weight is 467 g/mol. The van der Waals surface area contributed by atoms with Crippen molar-refractivity contribution < 1.29 is 19.0 Å². The lowest BCUT2D eigenvalue weighted by atomic mass is 10.1. The third-order valence-corrected chi connectivity index (χ3v) is 5.19. The van der Waals surface area contributed by atoms with Crippen molar-refractivity contribution in [3.8, 4) is 22.1 Å². The topological polar surface area (TPSA) is 189 Å². The zero-order chi connectivity index (χ0) is 23.4. The fraction of sp³-hybridized carbons (Fsp3) is 0.105. The summed E-state index contributed by atoms with van der Waals surface area (Å²) in [4.78, 5) is 24.4. The number of primary amides is 1. The molecule has 0 saturated carbocycles. The summed E-state index contributed by atoms with van der Waals surface area (Å²) in [6.45, 7) is 1.50. The van der Waals surface area contributed by atoms with Gasteiger partial charge in [0.1, 0.15) is 11.4 Å². The molecule has 0 aliphatic heterocycles. The van der Waals surface area contributed by atoms with Gasteiger partial charge in [-0.2, -0.15) is 9.78 Å². The minimum atomic E-state index is -0.583. The Bertz CT molecular complexity index is 1310. The van der Waals surface area contributed by atoms with Crippen molar-refractivity contribution in [3.05, 3.63) is 53.0 Å². The Balaban J connectivity index is 1.55. The van der Waals surface area contributed by atoms with Crippen molar-refractivity contribution in [2.75, 3.05) is 12.3 Å². The zero-order valence-corrected chi connectivity index (χ0v) is 17.9. The van der Waals surface area contributed by atoms with Crippen LogP contribution in [0.15, 0.2) is 51.5 Å². The van der Waals surface area contributed by atoms with Gasteiger partial charge in [-0.3, -0.25) is 9.59 Å². The Morgan fingerprint density at radius 2 is 2.03 bits per heavy atom. The number of hydrogen-bond donors (Lipinski definition) is 3. The van der Waals surface area contributed by atoms with Gasteiger partial charge in [0.25, 0.3) is 11.8 Å². The molecule has 0 aliphatic carbocycles. The molecule has 0 atom stereocenters. The second-order valence-corrected chi connectivity index (χ2v) is 7.51. The largest absolute Gasteiger partial charge is 0.484 e. The molecule has 33 heavy (non-hydrogen) atoms. The van der Waals surface area contributed by atoms with E-state index in [1.807, 2.05) is 11.4 Å². The van der Waals surface area contributed by atoms with Crippen molar-refractivity contribution >= 4 is 34.7 Å². The zero-order valence-electron chi connectivity index (χ0n) is 17.1. The molecule has 4 aromatic rings. The molecule has 3 heterocycles. The number of nitrogens with zero attached hydrogens (tertiary/aromatic N) is 6. The highest BCUT2D eigenvalue weighted by Crippen LogP contribution is 2.29. The highest BCUT2D eigenvalue weighted by molar-refractivity contribution is 7.13. The Morgan fingerprint density at radius 1 is 1.24 bits per heavy atom. The molecular formula is C19H17N9O4S. The lowest BCUT2D eigenvalue weighted by Gasteiger charge is -2.06. The first-order valence-electron chi connectivity index (χ1n) is 9.38. The van der Waals surface area contributed by atoms with Crippen LogP contribution in [-0.4, -0.2) is 49.4 Å². The number of carbonyl (C=O) groups excluding carboxylic acids is 2. The summed E-state index contributed by atoms with van der Waals surface area (Å²) >= 11 is 1.38. The molecule has 0 saturated heterocycles. The number of amides is 2. The quantitative estimate of drug-likeness (QED) is 0.250. The maximum Gasteiger partial charge on any atom is 0.294 e. The normalized spacial score (nSPS) is 11.4. The lowest BCUT2D eigenvalue weighted by molar-refractivity contribution is -0.119. The number of nitrogens with two attached hydrogens (primary N) is 2. The van der Waals surface area contributed by atoms with Crippen molar-refractivity contribution in [3.63, 3.8) is 0 Å². The number of nitrogen functional groups attached to an aromatic ring is 1. The summed E-state index contributed by atoms with van der Waals surface area (Å²) in [5, 5.41) is 21.2. The van der Waals surface area contributed by atoms with Gasteiger partial charge in [0, 0.05) is 0 Å². The first-order chi connectivity index (χ1) is 15.9. The summed E-state index contributed by atoms with van der Waals surface area (Å²) in [7, 11) is 0. The van der Waals surface area contributed by atoms with E-state index in [2.05, 4.69) is 35.8 Å². The number of aromatic nitrogens is 5. The van der Waals surface area contributed by atoms with Crippen LogP contribution >= 0.6 is 11.3 Å². The van der Waals surface area contributed by atoms with E-state index in [9.17, 15) is 9.59 Å². The van der Waals surface area contributed by atoms with Crippen LogP contribution in [0.5, 0.6) is 5.75 Å². The molecule has 13 nitrogen and oxygen atoms in total. The van der Waals surface area contributed by atoms with E-state index in [1.165, 1.54) is 16.0 Å². The highest BCUT2D eigenvalue weighted by Gasteiger charge is 2.25. The Hall–Kier alpha value is -4.59. The molecule has 0 fully saturated rings. The maximum atomic E-state index is 12.9. The van der Waals surface area contributed by atoms with Crippen LogP contribution in [0.3, 0.4) is 0 Å². The fourth-order valence-electron chi connectivity index (χ4n) is 2.75. The summed E-state index contributed by atoms with van der Waals surface area (Å²) < 4.78 is 11.1. The number of benzene rings is 1. The fourth-order valence-corrected chi connectivity index (χ4v) is 3.51. The second kappa shape index (κ2) is 9.27. The van der Waals surface area contributed by atoms with Crippen LogP contribution in [0.2, 0.25) is 0 Å². The smallest absolute Gasteiger partial charge is 0.294 e. The van der Waals surface area contributed by atoms with Gasteiger partial charge < -0.3 is 16.2 Å². The monoisotopic (exact) mass is 467 g/mol. The number of hydrogen-bond acceptors (Lipinski definition) is 11. The summed E-state index contributed by atoms with van der Waals surface area (Å²) in [6, 6.07) is 10.4. The number of ether oxygens (including phenoxy) is 1. The van der Waals surface area contributed by atoms with Gasteiger partial charge in [0.2, 0.25) is 11.6 Å². The van der Waals surface area contributed by atoms with Crippen molar-refractivity contribution in [2.45, 2.75) is 6.92 Å². The van der Waals surface area contributed by atoms with E-state index in [-0.39, 0.29) is 23.9 Å². The molecule has 2 amide bonds. The number of carbonyl (C=O) groups is 2. The minimum absolute atomic E-state index is 0.00165. The molecule has 5 N–H and O–H groups in total. The molecule has 168 valence electrons. The van der Waals surface area contributed by atoms with Crippen LogP contribution in [0.4, 0.5) is 5.82 Å². The molecular weight excluding hydrogens is 450 g/mol. The number of hydrazone groups is 1. The van der Waals surface area contributed by atoms with Gasteiger partial charge in [0.05, 0.1) is 10.6 Å². The van der Waals surface area contributed by atoms with E-state index in [1.54, 1.807) is 37.3 Å². The van der Waals surface area contributed by atoms with E-state index in [0.717, 1.165) is 5.56 Å². The third kappa shape index (κ3) is 4.69. The third-order valence-electron chi connectivity index (χ3n) is 4.31. The van der Waals surface area contributed by atoms with Crippen molar-refractivity contribution in [1.82, 2.24) is 30.7 Å². The number of anilines is 1. The Morgan fingerprint density at radius 3 is 2.67 bits per heavy atom. The predicted octanol–water partition coefficient (Wildman–Crippen LogP) is 0.979. The number of nitrogens with one attached hydrogen (secondary N) is 1. The van der Waals surface area contributed by atoms with E-state index in [0.29, 0.717) is 22.0 Å². The van der Waals surface area contributed by atoms with Crippen molar-refractivity contribution in [2.24, 2.45) is 10.8 Å². The van der Waals surface area contributed by atoms with Crippen LogP contribution in [0.25, 0.3) is 16.4 Å². The van der Waals surface area contributed by atoms with E-state index >= 15 is 0 Å². The molecule has 4 rings (SSSR count). The van der Waals surface area contributed by atoms with E-state index in [4.69, 9.17) is 16.2 Å². The molecule has 0 bridgehead atoms. The molecule has 14 heteroatoms. The molecule has 0 aliphatic rings. The van der Waals surface area contributed by atoms with Crippen LogP contribution in [0, 0.1) is 0 Å².